The van der Waals surface area contributed by atoms with Gasteiger partial charge in [0.2, 0.25) is 0 Å². The van der Waals surface area contributed by atoms with Crippen LogP contribution in [0.25, 0.3) is 0 Å². The van der Waals surface area contributed by atoms with Crippen molar-refractivity contribution in [3.05, 3.63) is 29.8 Å². The van der Waals surface area contributed by atoms with Crippen LogP contribution in [0, 0.1) is 0 Å². The van der Waals surface area contributed by atoms with E-state index in [4.69, 9.17) is 4.74 Å². The van der Waals surface area contributed by atoms with Crippen molar-refractivity contribution < 1.29 is 8.95 Å². The molecule has 2 atom stereocenters. The quantitative estimate of drug-likeness (QED) is 0.826. The lowest BCUT2D eigenvalue weighted by Crippen LogP contribution is -2.35. The van der Waals surface area contributed by atoms with Gasteiger partial charge in [0.25, 0.3) is 0 Å². The third-order valence-electron chi connectivity index (χ3n) is 2.97. The van der Waals surface area contributed by atoms with Crippen molar-refractivity contribution >= 4 is 11.0 Å². The minimum absolute atomic E-state index is 0.107. The first kappa shape index (κ1) is 17.2. The predicted molar refractivity (Wildman–Crippen MR) is 86.3 cm³/mol. The molecule has 0 aliphatic carbocycles. The van der Waals surface area contributed by atoms with E-state index in [9.17, 15) is 4.21 Å². The lowest BCUT2D eigenvalue weighted by molar-refractivity contribution is 0.317. The number of rotatable bonds is 7. The summed E-state index contributed by atoms with van der Waals surface area (Å²) in [5.41, 5.74) is 1.15. The van der Waals surface area contributed by atoms with E-state index in [0.717, 1.165) is 30.8 Å². The molecule has 0 spiro atoms. The summed E-state index contributed by atoms with van der Waals surface area (Å²) in [7, 11) is -1.06. The average Bonchev–Trinajstić information content (AvgIpc) is 2.42. The summed E-state index contributed by atoms with van der Waals surface area (Å²) >= 11 is 0. The highest BCUT2D eigenvalue weighted by molar-refractivity contribution is 7.84. The first-order valence-electron chi connectivity index (χ1n) is 7.29. The van der Waals surface area contributed by atoms with Gasteiger partial charge >= 0.3 is 0 Å². The van der Waals surface area contributed by atoms with Crippen molar-refractivity contribution in [1.29, 1.82) is 0 Å². The largest absolute Gasteiger partial charge is 0.494 e. The molecule has 114 valence electrons. The van der Waals surface area contributed by atoms with E-state index in [0.29, 0.717) is 0 Å². The maximum Gasteiger partial charge on any atom is 0.119 e. The lowest BCUT2D eigenvalue weighted by atomic mass is 10.1. The summed E-state index contributed by atoms with van der Waals surface area (Å²) in [6.07, 6.45) is 1.91. The Morgan fingerprint density at radius 1 is 1.20 bits per heavy atom. The summed E-state index contributed by atoms with van der Waals surface area (Å²) in [4.78, 5) is 0. The van der Waals surface area contributed by atoms with Crippen molar-refractivity contribution in [2.24, 2.45) is 0 Å². The fraction of sp³-hybridized carbons (Fsp3) is 0.625. The van der Waals surface area contributed by atoms with Crippen LogP contribution in [0.15, 0.2) is 24.3 Å². The highest BCUT2D eigenvalue weighted by atomic mass is 32.2. The molecular formula is C16H27NO2S. The van der Waals surface area contributed by atoms with Crippen molar-refractivity contribution in [3.63, 3.8) is 0 Å². The van der Waals surface area contributed by atoms with Crippen LogP contribution >= 0.6 is 0 Å². The molecule has 4 heteroatoms. The maximum absolute atomic E-state index is 12.2. The Labute approximate surface area is 125 Å². The summed E-state index contributed by atoms with van der Waals surface area (Å²) in [5, 5.41) is 0. The zero-order chi connectivity index (χ0) is 15.2. The van der Waals surface area contributed by atoms with Crippen molar-refractivity contribution in [3.8, 4) is 5.75 Å². The van der Waals surface area contributed by atoms with E-state index in [1.165, 1.54) is 0 Å². The van der Waals surface area contributed by atoms with E-state index in [-0.39, 0.29) is 10.8 Å². The molecule has 0 bridgehead atoms. The summed E-state index contributed by atoms with van der Waals surface area (Å²) in [5.74, 6) is 0.891. The fourth-order valence-electron chi connectivity index (χ4n) is 1.71. The molecule has 0 saturated heterocycles. The fourth-order valence-corrected chi connectivity index (χ4v) is 2.62. The second-order valence-corrected chi connectivity index (χ2v) is 7.88. The normalized spacial score (nSPS) is 14.8. The molecule has 0 aliphatic rings. The average molecular weight is 297 g/mol. The highest BCUT2D eigenvalue weighted by Gasteiger charge is 2.22. The standard InChI is InChI=1S/C16H27NO2S/c1-6-12-19-14-10-8-13(9-11-14)15(7-2)17-20(18)16(3,4)5/h8-11,15,17H,6-7,12H2,1-5H3. The molecule has 1 rings (SSSR count). The van der Waals surface area contributed by atoms with Gasteiger partial charge in [-0.3, -0.25) is 0 Å². The minimum atomic E-state index is -1.06. The molecular weight excluding hydrogens is 270 g/mol. The van der Waals surface area contributed by atoms with E-state index in [1.807, 2.05) is 45.0 Å². The first-order chi connectivity index (χ1) is 9.38. The van der Waals surface area contributed by atoms with Crippen LogP contribution in [0.1, 0.15) is 59.1 Å². The number of hydrogen-bond acceptors (Lipinski definition) is 2. The Morgan fingerprint density at radius 3 is 2.25 bits per heavy atom. The first-order valence-corrected chi connectivity index (χ1v) is 8.44. The van der Waals surface area contributed by atoms with E-state index >= 15 is 0 Å². The molecule has 1 aromatic rings. The zero-order valence-electron chi connectivity index (χ0n) is 13.2. The van der Waals surface area contributed by atoms with Gasteiger partial charge in [-0.25, -0.2) is 8.93 Å². The van der Waals surface area contributed by atoms with Crippen LogP contribution in [-0.4, -0.2) is 15.6 Å². The van der Waals surface area contributed by atoms with Crippen molar-refractivity contribution in [2.75, 3.05) is 6.61 Å². The molecule has 20 heavy (non-hydrogen) atoms. The lowest BCUT2D eigenvalue weighted by Gasteiger charge is -2.24. The molecule has 2 unspecified atom stereocenters. The molecule has 3 nitrogen and oxygen atoms in total. The number of ether oxygens (including phenoxy) is 1. The van der Waals surface area contributed by atoms with Crippen LogP contribution < -0.4 is 9.46 Å². The summed E-state index contributed by atoms with van der Waals surface area (Å²) in [6, 6.07) is 8.17. The number of nitrogens with one attached hydrogen (secondary N) is 1. The molecule has 0 heterocycles. The van der Waals surface area contributed by atoms with Crippen LogP contribution in [0.5, 0.6) is 5.75 Å². The van der Waals surface area contributed by atoms with Crippen molar-refractivity contribution in [2.45, 2.75) is 58.2 Å². The van der Waals surface area contributed by atoms with E-state index < -0.39 is 11.0 Å². The second kappa shape index (κ2) is 7.79. The molecule has 0 aromatic heterocycles. The van der Waals surface area contributed by atoms with Gasteiger partial charge in [0, 0.05) is 6.04 Å². The molecule has 0 aliphatic heterocycles. The molecule has 0 fully saturated rings. The minimum Gasteiger partial charge on any atom is -0.494 e. The topological polar surface area (TPSA) is 38.3 Å². The smallest absolute Gasteiger partial charge is 0.119 e. The van der Waals surface area contributed by atoms with Crippen LogP contribution in [-0.2, 0) is 11.0 Å². The Bertz CT molecular complexity index is 423. The Kier molecular flexibility index (Phi) is 6.69. The third kappa shape index (κ3) is 5.25. The Hall–Kier alpha value is -0.870. The number of benzene rings is 1. The van der Waals surface area contributed by atoms with Gasteiger partial charge < -0.3 is 4.74 Å². The SMILES string of the molecule is CCCOc1ccc(C(CC)NS(=O)C(C)(C)C)cc1. The van der Waals surface area contributed by atoms with Crippen LogP contribution in [0.3, 0.4) is 0 Å². The Morgan fingerprint density at radius 2 is 1.80 bits per heavy atom. The second-order valence-electron chi connectivity index (χ2n) is 5.88. The monoisotopic (exact) mass is 297 g/mol. The third-order valence-corrected chi connectivity index (χ3v) is 4.58. The molecule has 1 N–H and O–H groups in total. The van der Waals surface area contributed by atoms with Crippen LogP contribution in [0.2, 0.25) is 0 Å². The van der Waals surface area contributed by atoms with Crippen LogP contribution in [0.4, 0.5) is 0 Å². The van der Waals surface area contributed by atoms with Gasteiger partial charge in [0.15, 0.2) is 0 Å². The Balaban J connectivity index is 2.72. The summed E-state index contributed by atoms with van der Waals surface area (Å²) in [6.45, 7) is 10.9. The van der Waals surface area contributed by atoms with E-state index in [2.05, 4.69) is 18.6 Å². The zero-order valence-corrected chi connectivity index (χ0v) is 14.0. The van der Waals surface area contributed by atoms with Gasteiger partial charge in [-0.2, -0.15) is 0 Å². The predicted octanol–water partition coefficient (Wildman–Crippen LogP) is 3.98. The van der Waals surface area contributed by atoms with E-state index in [1.54, 1.807) is 0 Å². The van der Waals surface area contributed by atoms with Gasteiger partial charge in [0.05, 0.1) is 22.3 Å². The molecule has 1 aromatic carbocycles. The van der Waals surface area contributed by atoms with Crippen molar-refractivity contribution in [1.82, 2.24) is 4.72 Å². The van der Waals surface area contributed by atoms with Gasteiger partial charge in [-0.15, -0.1) is 0 Å². The van der Waals surface area contributed by atoms with Gasteiger partial charge in [-0.1, -0.05) is 26.0 Å². The highest BCUT2D eigenvalue weighted by Crippen LogP contribution is 2.22. The maximum atomic E-state index is 12.2. The van der Waals surface area contributed by atoms with Gasteiger partial charge in [-0.05, 0) is 51.3 Å². The van der Waals surface area contributed by atoms with Gasteiger partial charge in [0.1, 0.15) is 5.75 Å². The molecule has 0 amide bonds. The molecule has 0 saturated carbocycles. The molecule has 0 radical (unpaired) electrons. The summed E-state index contributed by atoms with van der Waals surface area (Å²) < 4.78 is 20.7. The number of hydrogen-bond donors (Lipinski definition) is 1.